The van der Waals surface area contributed by atoms with Gasteiger partial charge >= 0.3 is 12.2 Å². The molecule has 0 aliphatic carbocycles. The van der Waals surface area contributed by atoms with E-state index in [1.807, 2.05) is 24.1 Å². The van der Waals surface area contributed by atoms with Crippen LogP contribution >= 0.6 is 0 Å². The van der Waals surface area contributed by atoms with Crippen LogP contribution in [0.5, 0.6) is 5.88 Å². The second kappa shape index (κ2) is 10.7. The van der Waals surface area contributed by atoms with Gasteiger partial charge in [-0.05, 0) is 39.7 Å². The lowest BCUT2D eigenvalue weighted by Gasteiger charge is -2.45. The summed E-state index contributed by atoms with van der Waals surface area (Å²) in [5, 5.41) is 4.61. The van der Waals surface area contributed by atoms with Gasteiger partial charge < -0.3 is 24.4 Å². The maximum absolute atomic E-state index is 13.5. The van der Waals surface area contributed by atoms with Crippen molar-refractivity contribution in [2.45, 2.75) is 63.8 Å². The average Bonchev–Trinajstić information content (AvgIpc) is 3.25. The van der Waals surface area contributed by atoms with Crippen LogP contribution < -0.4 is 25.2 Å². The summed E-state index contributed by atoms with van der Waals surface area (Å²) in [6, 6.07) is 1.99. The third kappa shape index (κ3) is 6.04. The minimum absolute atomic E-state index is 0.140. The van der Waals surface area contributed by atoms with E-state index < -0.39 is 35.8 Å². The first-order valence-electron chi connectivity index (χ1n) is 12.9. The number of hydrogen-bond acceptors (Lipinski definition) is 9. The molecule has 3 atom stereocenters. The minimum Gasteiger partial charge on any atom is -0.475 e. The molecule has 2 bridgehead atoms. The van der Waals surface area contributed by atoms with Gasteiger partial charge in [0.05, 0.1) is 24.5 Å². The molecule has 2 fully saturated rings. The van der Waals surface area contributed by atoms with Crippen molar-refractivity contribution in [2.24, 2.45) is 0 Å². The van der Waals surface area contributed by atoms with Crippen LogP contribution in [0.1, 0.15) is 44.2 Å². The number of hydrogen-bond donors (Lipinski definition) is 2. The van der Waals surface area contributed by atoms with E-state index in [1.165, 1.54) is 11.1 Å². The van der Waals surface area contributed by atoms with E-state index in [9.17, 15) is 22.8 Å². The van der Waals surface area contributed by atoms with Gasteiger partial charge in [-0.3, -0.25) is 15.0 Å². The van der Waals surface area contributed by atoms with Crippen LogP contribution in [-0.4, -0.2) is 83.3 Å². The number of piperidine rings is 1. The van der Waals surface area contributed by atoms with Gasteiger partial charge in [0, 0.05) is 19.2 Å². The fourth-order valence-corrected chi connectivity index (χ4v) is 4.80. The van der Waals surface area contributed by atoms with Crippen molar-refractivity contribution in [1.29, 1.82) is 0 Å². The highest BCUT2D eigenvalue weighted by atomic mass is 19.4. The summed E-state index contributed by atoms with van der Waals surface area (Å²) in [5.74, 6) is -1.61. The number of rotatable bonds is 6. The Kier molecular flexibility index (Phi) is 7.44. The zero-order valence-corrected chi connectivity index (χ0v) is 22.2. The molecular formula is C25H30F3N7O5. The number of anilines is 3. The molecule has 2 aromatic heterocycles. The molecule has 0 radical (unpaired) electrons. The standard InChI is InChI=1S/C25H30F3N7O5/c1-14(25(26,27)28)30-22(36)20-29-10-17-21(33-20)35(15-6-5-9-34(17)11-15)23(37)32-18-7-4-8-19(31-18)38-12-16-13-39-24(2,3)40-16/h4,7-8,10,14-16H,5-6,9,11-13H2,1-3H3,(H,30,36)(H,31,32,37)/t14?,15-,16+/m0/s1. The van der Waals surface area contributed by atoms with E-state index in [0.717, 1.165) is 13.3 Å². The molecule has 2 saturated heterocycles. The number of carbonyl (C=O) groups excluding carboxylic acids is 2. The fraction of sp³-hybridized carbons (Fsp3) is 0.560. The SMILES string of the molecule is CC(NC(=O)c1ncc2c(n1)N(C(=O)Nc1cccc(OC[C@@H]3COC(C)(C)O3)n1)[C@H]1CCCN2C1)C(F)(F)F. The maximum atomic E-state index is 13.5. The molecule has 2 aromatic rings. The van der Waals surface area contributed by atoms with Crippen molar-refractivity contribution >= 4 is 29.3 Å². The topological polar surface area (TPSA) is 131 Å². The van der Waals surface area contributed by atoms with E-state index in [4.69, 9.17) is 14.2 Å². The van der Waals surface area contributed by atoms with Gasteiger partial charge in [-0.25, -0.2) is 14.8 Å². The number of pyridine rings is 1. The number of amides is 3. The van der Waals surface area contributed by atoms with Gasteiger partial charge in [0.1, 0.15) is 24.6 Å². The Bertz CT molecular complexity index is 1280. The molecule has 3 aliphatic heterocycles. The minimum atomic E-state index is -4.63. The normalized spacial score (nSPS) is 22.4. The Labute approximate surface area is 228 Å². The molecule has 216 valence electrons. The number of ether oxygens (including phenoxy) is 3. The third-order valence-electron chi connectivity index (χ3n) is 6.78. The maximum Gasteiger partial charge on any atom is 0.408 e. The molecule has 40 heavy (non-hydrogen) atoms. The van der Waals surface area contributed by atoms with E-state index in [0.29, 0.717) is 31.8 Å². The van der Waals surface area contributed by atoms with Crippen LogP contribution in [0.2, 0.25) is 0 Å². The Morgan fingerprint density at radius 3 is 2.80 bits per heavy atom. The first-order chi connectivity index (χ1) is 18.9. The van der Waals surface area contributed by atoms with Gasteiger partial charge in [0.15, 0.2) is 11.6 Å². The van der Waals surface area contributed by atoms with Crippen molar-refractivity contribution < 1.29 is 37.0 Å². The molecule has 12 nitrogen and oxygen atoms in total. The zero-order chi connectivity index (χ0) is 28.7. The van der Waals surface area contributed by atoms with Crippen LogP contribution in [0.4, 0.5) is 35.3 Å². The molecule has 0 saturated carbocycles. The Balaban J connectivity index is 1.33. The predicted octanol–water partition coefficient (Wildman–Crippen LogP) is 3.10. The fourth-order valence-electron chi connectivity index (χ4n) is 4.80. The average molecular weight is 566 g/mol. The highest BCUT2D eigenvalue weighted by Gasteiger charge is 2.41. The molecule has 0 spiro atoms. The Morgan fingerprint density at radius 2 is 2.08 bits per heavy atom. The van der Waals surface area contributed by atoms with E-state index in [1.54, 1.807) is 18.2 Å². The molecule has 0 aromatic carbocycles. The highest BCUT2D eigenvalue weighted by Crippen LogP contribution is 2.37. The van der Waals surface area contributed by atoms with Gasteiger partial charge in [-0.15, -0.1) is 0 Å². The second-order valence-corrected chi connectivity index (χ2v) is 10.3. The summed E-state index contributed by atoms with van der Waals surface area (Å²) in [5.41, 5.74) is 0.512. The number of nitrogens with one attached hydrogen (secondary N) is 2. The lowest BCUT2D eigenvalue weighted by Crippen LogP contribution is -2.56. The Morgan fingerprint density at radius 1 is 1.27 bits per heavy atom. The predicted molar refractivity (Wildman–Crippen MR) is 136 cm³/mol. The summed E-state index contributed by atoms with van der Waals surface area (Å²) in [4.78, 5) is 42.1. The first-order valence-corrected chi connectivity index (χ1v) is 12.9. The van der Waals surface area contributed by atoms with Crippen LogP contribution in [0.15, 0.2) is 24.4 Å². The molecule has 5 rings (SSSR count). The number of halogens is 3. The van der Waals surface area contributed by atoms with E-state index in [-0.39, 0.29) is 36.3 Å². The number of aromatic nitrogens is 3. The first kappa shape index (κ1) is 27.8. The second-order valence-electron chi connectivity index (χ2n) is 10.3. The lowest BCUT2D eigenvalue weighted by molar-refractivity contribution is -0.149. The van der Waals surface area contributed by atoms with Crippen molar-refractivity contribution in [1.82, 2.24) is 20.3 Å². The van der Waals surface area contributed by atoms with Gasteiger partial charge in [-0.1, -0.05) is 6.07 Å². The van der Waals surface area contributed by atoms with Gasteiger partial charge in [-0.2, -0.15) is 18.2 Å². The molecule has 1 unspecified atom stereocenters. The number of fused-ring (bicyclic) bond motifs is 4. The number of nitrogens with zero attached hydrogens (tertiary/aromatic N) is 5. The van der Waals surface area contributed by atoms with Gasteiger partial charge in [0.2, 0.25) is 11.7 Å². The quantitative estimate of drug-likeness (QED) is 0.543. The molecular weight excluding hydrogens is 535 g/mol. The third-order valence-corrected chi connectivity index (χ3v) is 6.78. The summed E-state index contributed by atoms with van der Waals surface area (Å²) < 4.78 is 55.9. The molecule has 3 aliphatic rings. The summed E-state index contributed by atoms with van der Waals surface area (Å²) in [6.45, 7) is 6.27. The molecule has 5 heterocycles. The van der Waals surface area contributed by atoms with Crippen LogP contribution in [0.25, 0.3) is 0 Å². The molecule has 3 amide bonds. The summed E-state index contributed by atoms with van der Waals surface area (Å²) in [6.07, 6.45) is -2.04. The van der Waals surface area contributed by atoms with Gasteiger partial charge in [0.25, 0.3) is 5.91 Å². The Hall–Kier alpha value is -3.72. The summed E-state index contributed by atoms with van der Waals surface area (Å²) >= 11 is 0. The monoisotopic (exact) mass is 565 g/mol. The highest BCUT2D eigenvalue weighted by molar-refractivity contribution is 6.04. The van der Waals surface area contributed by atoms with Crippen LogP contribution in [0, 0.1) is 0 Å². The zero-order valence-electron chi connectivity index (χ0n) is 22.2. The van der Waals surface area contributed by atoms with Crippen molar-refractivity contribution in [3.63, 3.8) is 0 Å². The van der Waals surface area contributed by atoms with Crippen molar-refractivity contribution in [3.8, 4) is 5.88 Å². The molecule has 15 heteroatoms. The summed E-state index contributed by atoms with van der Waals surface area (Å²) in [7, 11) is 0. The van der Waals surface area contributed by atoms with Crippen LogP contribution in [0.3, 0.4) is 0 Å². The largest absolute Gasteiger partial charge is 0.475 e. The van der Waals surface area contributed by atoms with Crippen LogP contribution in [-0.2, 0) is 9.47 Å². The van der Waals surface area contributed by atoms with E-state index >= 15 is 0 Å². The number of urea groups is 1. The lowest BCUT2D eigenvalue weighted by atomic mass is 10.0. The molecule has 2 N–H and O–H groups in total. The van der Waals surface area contributed by atoms with Crippen molar-refractivity contribution in [3.05, 3.63) is 30.2 Å². The number of carbonyl (C=O) groups is 2. The number of alkyl halides is 3. The van der Waals surface area contributed by atoms with E-state index in [2.05, 4.69) is 20.3 Å². The smallest absolute Gasteiger partial charge is 0.408 e. The van der Waals surface area contributed by atoms with Crippen molar-refractivity contribution in [2.75, 3.05) is 41.4 Å².